The van der Waals surface area contributed by atoms with Crippen molar-refractivity contribution in [3.63, 3.8) is 0 Å². The summed E-state index contributed by atoms with van der Waals surface area (Å²) >= 11 is 0. The van der Waals surface area contributed by atoms with E-state index < -0.39 is 11.9 Å². The Balaban J connectivity index is 2.07. The summed E-state index contributed by atoms with van der Waals surface area (Å²) in [6, 6.07) is -0.154. The van der Waals surface area contributed by atoms with Crippen LogP contribution in [-0.4, -0.2) is 65.8 Å². The van der Waals surface area contributed by atoms with E-state index in [0.29, 0.717) is 6.04 Å². The van der Waals surface area contributed by atoms with Crippen LogP contribution in [0.25, 0.3) is 0 Å². The molecule has 2 rings (SSSR count). The molecule has 0 N–H and O–H groups in total. The average Bonchev–Trinajstić information content (AvgIpc) is 2.50. The van der Waals surface area contributed by atoms with Crippen molar-refractivity contribution in [2.24, 2.45) is 11.8 Å². The summed E-state index contributed by atoms with van der Waals surface area (Å²) in [5, 5.41) is 0. The summed E-state index contributed by atoms with van der Waals surface area (Å²) in [6.07, 6.45) is 4.02. The van der Waals surface area contributed by atoms with Crippen LogP contribution in [0.1, 0.15) is 39.5 Å². The molecule has 2 saturated heterocycles. The summed E-state index contributed by atoms with van der Waals surface area (Å²) in [7, 11) is 2.92. The van der Waals surface area contributed by atoms with Gasteiger partial charge in [0.05, 0.1) is 0 Å². The molecular weight excluding hydrogens is 282 g/mol. The van der Waals surface area contributed by atoms with E-state index in [-0.39, 0.29) is 17.7 Å². The minimum atomic E-state index is -0.691. The maximum Gasteiger partial charge on any atom is 0.332 e. The predicted octanol–water partition coefficient (Wildman–Crippen LogP) is 1.55. The molecule has 6 nitrogen and oxygen atoms in total. The number of hydrogen-bond donors (Lipinski definition) is 0. The topological polar surface area (TPSA) is 60.9 Å². The Morgan fingerprint density at radius 3 is 2.18 bits per heavy atom. The first-order valence-electron chi connectivity index (χ1n) is 8.21. The molecule has 0 aromatic heterocycles. The average molecular weight is 309 g/mol. The Bertz CT molecular complexity index is 442. The van der Waals surface area contributed by atoms with Crippen LogP contribution >= 0.6 is 0 Å². The number of amides is 4. The zero-order chi connectivity index (χ0) is 16.4. The standard InChI is InChI=1S/C16H27N3O3/c1-5-6-8-19-9-7-12(10-11(19)2)13-14(20)17(3)16(22)18(4)15(13)21/h11-13H,5-10H2,1-4H3. The molecule has 2 aliphatic heterocycles. The van der Waals surface area contributed by atoms with E-state index in [1.165, 1.54) is 26.9 Å². The van der Waals surface area contributed by atoms with E-state index in [4.69, 9.17) is 0 Å². The van der Waals surface area contributed by atoms with Gasteiger partial charge in [0.2, 0.25) is 11.8 Å². The summed E-state index contributed by atoms with van der Waals surface area (Å²) in [5.74, 6) is -1.34. The van der Waals surface area contributed by atoms with Crippen LogP contribution in [0.3, 0.4) is 0 Å². The molecule has 2 unspecified atom stereocenters. The minimum Gasteiger partial charge on any atom is -0.301 e. The first-order chi connectivity index (χ1) is 10.4. The van der Waals surface area contributed by atoms with Crippen molar-refractivity contribution < 1.29 is 14.4 Å². The van der Waals surface area contributed by atoms with Crippen LogP contribution in [0.4, 0.5) is 4.79 Å². The molecule has 22 heavy (non-hydrogen) atoms. The van der Waals surface area contributed by atoms with Gasteiger partial charge in [-0.3, -0.25) is 19.4 Å². The predicted molar refractivity (Wildman–Crippen MR) is 83.1 cm³/mol. The molecule has 0 saturated carbocycles. The van der Waals surface area contributed by atoms with Crippen LogP contribution in [-0.2, 0) is 9.59 Å². The normalized spacial score (nSPS) is 28.6. The SMILES string of the molecule is CCCCN1CCC(C2C(=O)N(C)C(=O)N(C)C2=O)CC1C. The van der Waals surface area contributed by atoms with Crippen molar-refractivity contribution in [1.29, 1.82) is 0 Å². The van der Waals surface area contributed by atoms with Gasteiger partial charge in [-0.2, -0.15) is 0 Å². The van der Waals surface area contributed by atoms with E-state index in [1.54, 1.807) is 0 Å². The van der Waals surface area contributed by atoms with E-state index in [9.17, 15) is 14.4 Å². The smallest absolute Gasteiger partial charge is 0.301 e. The quantitative estimate of drug-likeness (QED) is 0.739. The number of likely N-dealkylation sites (tertiary alicyclic amines) is 1. The zero-order valence-corrected chi connectivity index (χ0v) is 14.0. The molecule has 0 aromatic rings. The number of carbonyl (C=O) groups excluding carboxylic acids is 3. The second-order valence-electron chi connectivity index (χ2n) is 6.58. The first-order valence-corrected chi connectivity index (χ1v) is 8.21. The van der Waals surface area contributed by atoms with Gasteiger partial charge in [-0.15, -0.1) is 0 Å². The Hall–Kier alpha value is -1.43. The van der Waals surface area contributed by atoms with Crippen molar-refractivity contribution in [1.82, 2.24) is 14.7 Å². The lowest BCUT2D eigenvalue weighted by Crippen LogP contribution is -2.59. The van der Waals surface area contributed by atoms with Crippen LogP contribution in [0.5, 0.6) is 0 Å². The lowest BCUT2D eigenvalue weighted by atomic mass is 9.79. The highest BCUT2D eigenvalue weighted by Crippen LogP contribution is 2.33. The molecule has 2 heterocycles. The van der Waals surface area contributed by atoms with Crippen LogP contribution in [0.15, 0.2) is 0 Å². The summed E-state index contributed by atoms with van der Waals surface area (Å²) in [4.78, 5) is 41.2. The minimum absolute atomic E-state index is 0.0332. The number of nitrogens with zero attached hydrogens (tertiary/aromatic N) is 3. The van der Waals surface area contributed by atoms with Crippen molar-refractivity contribution in [3.05, 3.63) is 0 Å². The van der Waals surface area contributed by atoms with Gasteiger partial charge in [-0.25, -0.2) is 4.79 Å². The molecule has 0 radical (unpaired) electrons. The molecule has 0 aliphatic carbocycles. The molecule has 0 spiro atoms. The van der Waals surface area contributed by atoms with E-state index >= 15 is 0 Å². The Morgan fingerprint density at radius 2 is 1.68 bits per heavy atom. The number of imide groups is 2. The number of rotatable bonds is 4. The highest BCUT2D eigenvalue weighted by Gasteiger charge is 2.47. The monoisotopic (exact) mass is 309 g/mol. The number of carbonyl (C=O) groups is 3. The lowest BCUT2D eigenvalue weighted by molar-refractivity contribution is -0.151. The number of unbranched alkanes of at least 4 members (excludes halogenated alkanes) is 1. The van der Waals surface area contributed by atoms with E-state index in [0.717, 1.165) is 35.7 Å². The van der Waals surface area contributed by atoms with Crippen LogP contribution in [0, 0.1) is 11.8 Å². The number of piperidine rings is 1. The Labute approximate surface area is 132 Å². The van der Waals surface area contributed by atoms with Gasteiger partial charge in [0, 0.05) is 20.1 Å². The van der Waals surface area contributed by atoms with Crippen LogP contribution in [0.2, 0.25) is 0 Å². The molecule has 124 valence electrons. The van der Waals surface area contributed by atoms with Gasteiger partial charge in [-0.05, 0) is 45.2 Å². The summed E-state index contributed by atoms with van der Waals surface area (Å²) < 4.78 is 0. The molecule has 2 aliphatic rings. The molecule has 0 bridgehead atoms. The third kappa shape index (κ3) is 3.02. The molecule has 2 fully saturated rings. The van der Waals surface area contributed by atoms with E-state index in [1.807, 2.05) is 0 Å². The van der Waals surface area contributed by atoms with Gasteiger partial charge in [0.25, 0.3) is 0 Å². The number of hydrogen-bond acceptors (Lipinski definition) is 4. The van der Waals surface area contributed by atoms with Crippen LogP contribution < -0.4 is 0 Å². The van der Waals surface area contributed by atoms with Crippen molar-refractivity contribution in [2.45, 2.75) is 45.6 Å². The Morgan fingerprint density at radius 1 is 1.09 bits per heavy atom. The van der Waals surface area contributed by atoms with Crippen molar-refractivity contribution >= 4 is 17.8 Å². The maximum absolute atomic E-state index is 12.4. The van der Waals surface area contributed by atoms with Gasteiger partial charge in [0.1, 0.15) is 5.92 Å². The first kappa shape index (κ1) is 16.9. The number of urea groups is 1. The highest BCUT2D eigenvalue weighted by atomic mass is 16.2. The molecule has 2 atom stereocenters. The van der Waals surface area contributed by atoms with E-state index in [2.05, 4.69) is 18.7 Å². The number of barbiturate groups is 1. The summed E-state index contributed by atoms with van der Waals surface area (Å²) in [6.45, 7) is 6.34. The third-order valence-corrected chi connectivity index (χ3v) is 5.09. The molecule has 4 amide bonds. The molecule has 6 heteroatoms. The fourth-order valence-electron chi connectivity index (χ4n) is 3.59. The fraction of sp³-hybridized carbons (Fsp3) is 0.812. The Kier molecular flexibility index (Phi) is 5.21. The second-order valence-corrected chi connectivity index (χ2v) is 6.58. The third-order valence-electron chi connectivity index (χ3n) is 5.09. The maximum atomic E-state index is 12.4. The van der Waals surface area contributed by atoms with Gasteiger partial charge >= 0.3 is 6.03 Å². The fourth-order valence-corrected chi connectivity index (χ4v) is 3.59. The van der Waals surface area contributed by atoms with Gasteiger partial charge < -0.3 is 4.90 Å². The molecular formula is C16H27N3O3. The molecule has 0 aromatic carbocycles. The second kappa shape index (κ2) is 6.77. The van der Waals surface area contributed by atoms with Gasteiger partial charge in [0.15, 0.2) is 0 Å². The zero-order valence-electron chi connectivity index (χ0n) is 14.0. The summed E-state index contributed by atoms with van der Waals surface area (Å²) in [5.41, 5.74) is 0. The lowest BCUT2D eigenvalue weighted by Gasteiger charge is -2.42. The van der Waals surface area contributed by atoms with Crippen molar-refractivity contribution in [3.8, 4) is 0 Å². The van der Waals surface area contributed by atoms with Crippen molar-refractivity contribution in [2.75, 3.05) is 27.2 Å². The largest absolute Gasteiger partial charge is 0.332 e. The highest BCUT2D eigenvalue weighted by molar-refractivity contribution is 6.15. The van der Waals surface area contributed by atoms with Gasteiger partial charge in [-0.1, -0.05) is 13.3 Å².